The molecule has 1 unspecified atom stereocenters. The van der Waals surface area contributed by atoms with E-state index in [0.29, 0.717) is 5.95 Å². The fraction of sp³-hybridized carbons (Fsp3) is 0.167. The first-order chi connectivity index (χ1) is 8.54. The van der Waals surface area contributed by atoms with Crippen LogP contribution in [0.15, 0.2) is 30.3 Å². The Hall–Kier alpha value is -1.39. The number of rotatable bonds is 3. The smallest absolute Gasteiger partial charge is 0.226 e. The lowest BCUT2D eigenvalue weighted by atomic mass is 10.1. The highest BCUT2D eigenvalue weighted by Gasteiger charge is 2.08. The standard InChI is InChI=1S/C12H10Cl2FN3/c1-7(8-2-4-9(15)5-3-8)16-12-17-10(13)6-11(14)18-12/h2-7H,1H3,(H,16,17,18). The Morgan fingerprint density at radius 1 is 1.11 bits per heavy atom. The quantitative estimate of drug-likeness (QED) is 0.863. The Balaban J connectivity index is 2.15. The largest absolute Gasteiger partial charge is 0.348 e. The summed E-state index contributed by atoms with van der Waals surface area (Å²) in [7, 11) is 0. The Morgan fingerprint density at radius 3 is 2.22 bits per heavy atom. The van der Waals surface area contributed by atoms with Gasteiger partial charge in [0.2, 0.25) is 5.95 Å². The summed E-state index contributed by atoms with van der Waals surface area (Å²) < 4.78 is 12.8. The van der Waals surface area contributed by atoms with Gasteiger partial charge in [0.25, 0.3) is 0 Å². The SMILES string of the molecule is CC(Nc1nc(Cl)cc(Cl)n1)c1ccc(F)cc1. The molecule has 0 saturated heterocycles. The van der Waals surface area contributed by atoms with Crippen molar-refractivity contribution in [2.75, 3.05) is 5.32 Å². The van der Waals surface area contributed by atoms with Crippen molar-refractivity contribution in [1.29, 1.82) is 0 Å². The molecule has 0 radical (unpaired) electrons. The molecule has 1 heterocycles. The summed E-state index contributed by atoms with van der Waals surface area (Å²) in [5.74, 6) is 0.0670. The second kappa shape index (κ2) is 5.50. The monoisotopic (exact) mass is 285 g/mol. The first kappa shape index (κ1) is 13.1. The maximum atomic E-state index is 12.8. The van der Waals surface area contributed by atoms with Crippen LogP contribution in [0, 0.1) is 5.82 Å². The molecular weight excluding hydrogens is 276 g/mol. The number of hydrogen-bond acceptors (Lipinski definition) is 3. The van der Waals surface area contributed by atoms with Crippen molar-refractivity contribution in [2.24, 2.45) is 0 Å². The van der Waals surface area contributed by atoms with Crippen LogP contribution in [-0.2, 0) is 0 Å². The van der Waals surface area contributed by atoms with Crippen LogP contribution in [0.25, 0.3) is 0 Å². The van der Waals surface area contributed by atoms with Crippen molar-refractivity contribution in [2.45, 2.75) is 13.0 Å². The molecule has 0 fully saturated rings. The Bertz CT molecular complexity index is 525. The van der Waals surface area contributed by atoms with E-state index < -0.39 is 0 Å². The van der Waals surface area contributed by atoms with E-state index in [0.717, 1.165) is 5.56 Å². The zero-order chi connectivity index (χ0) is 13.1. The normalized spacial score (nSPS) is 12.2. The van der Waals surface area contributed by atoms with E-state index >= 15 is 0 Å². The van der Waals surface area contributed by atoms with Gasteiger partial charge in [0, 0.05) is 6.07 Å². The van der Waals surface area contributed by atoms with Crippen LogP contribution >= 0.6 is 23.2 Å². The van der Waals surface area contributed by atoms with Gasteiger partial charge in [-0.1, -0.05) is 35.3 Å². The van der Waals surface area contributed by atoms with Crippen LogP contribution in [0.5, 0.6) is 0 Å². The number of nitrogens with one attached hydrogen (secondary N) is 1. The lowest BCUT2D eigenvalue weighted by Gasteiger charge is -2.14. The Morgan fingerprint density at radius 2 is 1.67 bits per heavy atom. The van der Waals surface area contributed by atoms with E-state index in [1.807, 2.05) is 6.92 Å². The minimum Gasteiger partial charge on any atom is -0.348 e. The summed E-state index contributed by atoms with van der Waals surface area (Å²) in [4.78, 5) is 8.00. The van der Waals surface area contributed by atoms with E-state index in [-0.39, 0.29) is 22.2 Å². The molecule has 1 atom stereocenters. The molecule has 0 spiro atoms. The number of anilines is 1. The second-order valence-corrected chi connectivity index (χ2v) is 4.53. The van der Waals surface area contributed by atoms with Crippen molar-refractivity contribution in [3.63, 3.8) is 0 Å². The molecule has 2 rings (SSSR count). The van der Waals surface area contributed by atoms with E-state index in [2.05, 4.69) is 15.3 Å². The molecule has 0 aliphatic heterocycles. The molecular formula is C12H10Cl2FN3. The average molecular weight is 286 g/mol. The molecule has 18 heavy (non-hydrogen) atoms. The number of nitrogens with zero attached hydrogens (tertiary/aromatic N) is 2. The van der Waals surface area contributed by atoms with Gasteiger partial charge >= 0.3 is 0 Å². The predicted molar refractivity (Wildman–Crippen MR) is 70.5 cm³/mol. The molecule has 6 heteroatoms. The molecule has 1 aromatic heterocycles. The molecule has 0 aliphatic carbocycles. The van der Waals surface area contributed by atoms with Gasteiger partial charge in [-0.05, 0) is 24.6 Å². The first-order valence-electron chi connectivity index (χ1n) is 5.26. The fourth-order valence-corrected chi connectivity index (χ4v) is 1.91. The number of aromatic nitrogens is 2. The van der Waals surface area contributed by atoms with Gasteiger partial charge in [-0.2, -0.15) is 0 Å². The van der Waals surface area contributed by atoms with Crippen LogP contribution in [-0.4, -0.2) is 9.97 Å². The van der Waals surface area contributed by atoms with Crippen LogP contribution in [0.4, 0.5) is 10.3 Å². The fourth-order valence-electron chi connectivity index (χ4n) is 1.48. The van der Waals surface area contributed by atoms with Crippen LogP contribution < -0.4 is 5.32 Å². The number of hydrogen-bond donors (Lipinski definition) is 1. The van der Waals surface area contributed by atoms with Crippen LogP contribution in [0.2, 0.25) is 10.3 Å². The Labute approximate surface area is 114 Å². The number of benzene rings is 1. The van der Waals surface area contributed by atoms with Gasteiger partial charge in [0.1, 0.15) is 16.1 Å². The predicted octanol–water partition coefficient (Wildman–Crippen LogP) is 4.10. The van der Waals surface area contributed by atoms with Crippen LogP contribution in [0.1, 0.15) is 18.5 Å². The molecule has 0 saturated carbocycles. The molecule has 0 bridgehead atoms. The number of halogens is 3. The average Bonchev–Trinajstić information content (AvgIpc) is 2.28. The van der Waals surface area contributed by atoms with Crippen LogP contribution in [0.3, 0.4) is 0 Å². The highest BCUT2D eigenvalue weighted by atomic mass is 35.5. The van der Waals surface area contributed by atoms with E-state index in [4.69, 9.17) is 23.2 Å². The molecule has 0 amide bonds. The maximum absolute atomic E-state index is 12.8. The van der Waals surface area contributed by atoms with E-state index in [1.54, 1.807) is 12.1 Å². The highest BCUT2D eigenvalue weighted by molar-refractivity contribution is 6.33. The third-order valence-electron chi connectivity index (χ3n) is 2.38. The third kappa shape index (κ3) is 3.31. The zero-order valence-corrected chi connectivity index (χ0v) is 11.0. The van der Waals surface area contributed by atoms with Gasteiger partial charge < -0.3 is 5.32 Å². The maximum Gasteiger partial charge on any atom is 0.226 e. The molecule has 3 nitrogen and oxygen atoms in total. The van der Waals surface area contributed by atoms with Gasteiger partial charge in [-0.25, -0.2) is 14.4 Å². The molecule has 94 valence electrons. The topological polar surface area (TPSA) is 37.8 Å². The summed E-state index contributed by atoms with van der Waals surface area (Å²) in [6, 6.07) is 7.56. The lowest BCUT2D eigenvalue weighted by Crippen LogP contribution is -2.09. The van der Waals surface area contributed by atoms with Gasteiger partial charge in [-0.3, -0.25) is 0 Å². The second-order valence-electron chi connectivity index (χ2n) is 3.75. The van der Waals surface area contributed by atoms with Gasteiger partial charge in [0.15, 0.2) is 0 Å². The van der Waals surface area contributed by atoms with Gasteiger partial charge in [-0.15, -0.1) is 0 Å². The Kier molecular flexibility index (Phi) is 3.99. The molecule has 1 N–H and O–H groups in total. The summed E-state index contributed by atoms with van der Waals surface area (Å²) in [6.07, 6.45) is 0. The van der Waals surface area contributed by atoms with Crippen molar-refractivity contribution >= 4 is 29.2 Å². The minimum atomic E-state index is -0.270. The zero-order valence-electron chi connectivity index (χ0n) is 9.49. The van der Waals surface area contributed by atoms with Crippen molar-refractivity contribution < 1.29 is 4.39 Å². The van der Waals surface area contributed by atoms with E-state index in [9.17, 15) is 4.39 Å². The third-order valence-corrected chi connectivity index (χ3v) is 2.77. The van der Waals surface area contributed by atoms with Crippen molar-refractivity contribution in [3.8, 4) is 0 Å². The lowest BCUT2D eigenvalue weighted by molar-refractivity contribution is 0.626. The molecule has 0 aliphatic rings. The van der Waals surface area contributed by atoms with Gasteiger partial charge in [0.05, 0.1) is 6.04 Å². The van der Waals surface area contributed by atoms with E-state index in [1.165, 1.54) is 18.2 Å². The summed E-state index contributed by atoms with van der Waals surface area (Å²) in [5.41, 5.74) is 0.913. The molecule has 2 aromatic rings. The summed E-state index contributed by atoms with van der Waals surface area (Å²) in [6.45, 7) is 1.91. The summed E-state index contributed by atoms with van der Waals surface area (Å²) in [5, 5.41) is 3.58. The summed E-state index contributed by atoms with van der Waals surface area (Å²) >= 11 is 11.6. The van der Waals surface area contributed by atoms with Crippen molar-refractivity contribution in [3.05, 3.63) is 52.0 Å². The minimum absolute atomic E-state index is 0.0832. The van der Waals surface area contributed by atoms with Crippen molar-refractivity contribution in [1.82, 2.24) is 9.97 Å². The first-order valence-corrected chi connectivity index (χ1v) is 6.02. The highest BCUT2D eigenvalue weighted by Crippen LogP contribution is 2.20. The molecule has 1 aromatic carbocycles.